The van der Waals surface area contributed by atoms with Gasteiger partial charge < -0.3 is 4.74 Å². The third kappa shape index (κ3) is 5.34. The van der Waals surface area contributed by atoms with Gasteiger partial charge in [-0.25, -0.2) is 5.01 Å². The van der Waals surface area contributed by atoms with E-state index in [1.165, 1.54) is 0 Å². The van der Waals surface area contributed by atoms with Crippen molar-refractivity contribution in [3.05, 3.63) is 99.0 Å². The number of benzene rings is 3. The lowest BCUT2D eigenvalue weighted by molar-refractivity contribution is -0.116. The molecule has 3 aromatic carbocycles. The lowest BCUT2D eigenvalue weighted by atomic mass is 10.1. The minimum atomic E-state index is -0.546. The molecule has 1 atom stereocenters. The van der Waals surface area contributed by atoms with E-state index in [4.69, 9.17) is 14.8 Å². The van der Waals surface area contributed by atoms with Crippen molar-refractivity contribution in [2.24, 2.45) is 10.1 Å². The first kappa shape index (κ1) is 24.6. The van der Waals surface area contributed by atoms with Gasteiger partial charge in [-0.3, -0.25) is 15.1 Å². The molecule has 0 fully saturated rings. The predicted molar refractivity (Wildman–Crippen MR) is 148 cm³/mol. The van der Waals surface area contributed by atoms with Gasteiger partial charge in [0.2, 0.25) is 0 Å². The second-order valence-electron chi connectivity index (χ2n) is 8.58. The molecule has 3 aromatic rings. The van der Waals surface area contributed by atoms with Gasteiger partial charge >= 0.3 is 0 Å². The third-order valence-electron chi connectivity index (χ3n) is 5.99. The van der Waals surface area contributed by atoms with Crippen LogP contribution in [-0.4, -0.2) is 21.8 Å². The van der Waals surface area contributed by atoms with E-state index in [1.54, 1.807) is 16.8 Å². The van der Waals surface area contributed by atoms with Gasteiger partial charge in [-0.2, -0.15) is 0 Å². The number of carbonyl (C=O) groups excluding carboxylic acids is 1. The molecule has 0 spiro atoms. The van der Waals surface area contributed by atoms with Gasteiger partial charge in [0, 0.05) is 21.0 Å². The Labute approximate surface area is 223 Å². The van der Waals surface area contributed by atoms with Crippen LogP contribution in [0.4, 0.5) is 0 Å². The Bertz CT molecular complexity index is 1410. The Balaban J connectivity index is 1.55. The summed E-state index contributed by atoms with van der Waals surface area (Å²) in [5, 5.41) is 11.7. The van der Waals surface area contributed by atoms with Gasteiger partial charge in [-0.05, 0) is 36.2 Å². The number of ether oxygens (including phenoxy) is 1. The largest absolute Gasteiger partial charge is 0.488 e. The zero-order valence-corrected chi connectivity index (χ0v) is 22.4. The highest BCUT2D eigenvalue weighted by atomic mass is 79.9. The van der Waals surface area contributed by atoms with E-state index in [0.717, 1.165) is 51.2 Å². The lowest BCUT2D eigenvalue weighted by Gasteiger charge is -2.34. The molecule has 1 amide bonds. The molecule has 0 saturated heterocycles. The van der Waals surface area contributed by atoms with Crippen LogP contribution < -0.4 is 20.6 Å². The van der Waals surface area contributed by atoms with Crippen LogP contribution >= 0.6 is 27.7 Å². The average molecular weight is 564 g/mol. The Hall–Kier alpha value is -3.10. The molecular formula is C28H27BrN4O2S. The van der Waals surface area contributed by atoms with Gasteiger partial charge in [0.25, 0.3) is 5.91 Å². The summed E-state index contributed by atoms with van der Waals surface area (Å²) in [5.74, 6) is 1.43. The number of hydrazone groups is 1. The quantitative estimate of drug-likeness (QED) is 0.388. The summed E-state index contributed by atoms with van der Waals surface area (Å²) in [5.41, 5.74) is 2.41. The monoisotopic (exact) mass is 562 g/mol. The van der Waals surface area contributed by atoms with Crippen molar-refractivity contribution >= 4 is 44.5 Å². The highest BCUT2D eigenvalue weighted by Gasteiger charge is 2.35. The van der Waals surface area contributed by atoms with Crippen molar-refractivity contribution in [3.8, 4) is 5.75 Å². The van der Waals surface area contributed by atoms with Crippen molar-refractivity contribution in [3.63, 3.8) is 0 Å². The number of thioether (sulfide) groups is 1. The minimum Gasteiger partial charge on any atom is -0.488 e. The fraction of sp³-hybridized carbons (Fsp3) is 0.250. The van der Waals surface area contributed by atoms with Gasteiger partial charge in [0.1, 0.15) is 18.1 Å². The lowest BCUT2D eigenvalue weighted by Crippen LogP contribution is -2.50. The van der Waals surface area contributed by atoms with E-state index in [2.05, 4.69) is 28.2 Å². The maximum absolute atomic E-state index is 13.4. The Morgan fingerprint density at radius 3 is 2.69 bits per heavy atom. The van der Waals surface area contributed by atoms with Crippen LogP contribution in [-0.2, 0) is 11.4 Å². The molecule has 2 heterocycles. The first-order chi connectivity index (χ1) is 17.6. The van der Waals surface area contributed by atoms with Crippen molar-refractivity contribution in [1.29, 1.82) is 0 Å². The van der Waals surface area contributed by atoms with E-state index in [0.29, 0.717) is 23.2 Å². The number of amides is 1. The smallest absolute Gasteiger partial charge is 0.276 e. The molecular weight excluding hydrogens is 536 g/mol. The van der Waals surface area contributed by atoms with Crippen LogP contribution in [0.15, 0.2) is 87.4 Å². The average Bonchev–Trinajstić information content (AvgIpc) is 2.90. The highest BCUT2D eigenvalue weighted by Crippen LogP contribution is 2.37. The molecule has 0 aromatic heterocycles. The van der Waals surface area contributed by atoms with Crippen LogP contribution in [0, 0.1) is 0 Å². The van der Waals surface area contributed by atoms with Crippen molar-refractivity contribution in [1.82, 2.24) is 10.3 Å². The molecule has 0 unspecified atom stereocenters. The maximum Gasteiger partial charge on any atom is 0.276 e. The highest BCUT2D eigenvalue weighted by molar-refractivity contribution is 9.10. The Kier molecular flexibility index (Phi) is 7.72. The van der Waals surface area contributed by atoms with Crippen LogP contribution in [0.2, 0.25) is 0 Å². The molecule has 0 bridgehead atoms. The number of unbranched alkanes of at least 4 members (excludes halogenated alkanes) is 2. The SMILES string of the molecule is CCCCCSC1=NN2C(=c3ccccc3=N[C@@H]2c2cc(Br)ccc2OCc2ccccc2)C(=O)N1. The van der Waals surface area contributed by atoms with Crippen molar-refractivity contribution in [2.45, 2.75) is 39.0 Å². The van der Waals surface area contributed by atoms with E-state index in [1.807, 2.05) is 72.8 Å². The normalized spacial score (nSPS) is 16.4. The summed E-state index contributed by atoms with van der Waals surface area (Å²) in [6, 6.07) is 23.6. The number of nitrogens with one attached hydrogen (secondary N) is 1. The van der Waals surface area contributed by atoms with Crippen LogP contribution in [0.1, 0.15) is 43.5 Å². The second kappa shape index (κ2) is 11.3. The molecule has 2 aliphatic heterocycles. The molecule has 2 aliphatic rings. The Morgan fingerprint density at radius 1 is 1.06 bits per heavy atom. The standard InChI is InChI=1S/C28H27BrN4O2S/c1-2-3-9-16-36-28-31-27(34)25-21-12-7-8-13-23(21)30-26(33(25)32-28)22-17-20(29)14-15-24(22)35-18-19-10-5-4-6-11-19/h4-8,10-15,17,26H,2-3,9,16,18H2,1H3,(H,31,32,34)/t26-/m0/s1. The number of fused-ring (bicyclic) bond motifs is 2. The second-order valence-corrected chi connectivity index (χ2v) is 10.6. The maximum atomic E-state index is 13.4. The predicted octanol–water partition coefficient (Wildman–Crippen LogP) is 5.09. The molecule has 1 N–H and O–H groups in total. The van der Waals surface area contributed by atoms with Gasteiger partial charge in [0.15, 0.2) is 11.3 Å². The minimum absolute atomic E-state index is 0.169. The molecule has 0 aliphatic carbocycles. The van der Waals surface area contributed by atoms with Crippen molar-refractivity contribution < 1.29 is 9.53 Å². The number of rotatable bonds is 8. The Morgan fingerprint density at radius 2 is 1.86 bits per heavy atom. The van der Waals surface area contributed by atoms with E-state index >= 15 is 0 Å². The zero-order chi connectivity index (χ0) is 24.9. The van der Waals surface area contributed by atoms with Crippen LogP contribution in [0.25, 0.3) is 5.70 Å². The molecule has 184 valence electrons. The zero-order valence-electron chi connectivity index (χ0n) is 20.0. The van der Waals surface area contributed by atoms with E-state index < -0.39 is 6.17 Å². The fourth-order valence-electron chi connectivity index (χ4n) is 4.20. The molecule has 5 rings (SSSR count). The number of halogens is 1. The number of hydrogen-bond donors (Lipinski definition) is 1. The fourth-order valence-corrected chi connectivity index (χ4v) is 5.43. The van der Waals surface area contributed by atoms with Gasteiger partial charge in [-0.1, -0.05) is 96.0 Å². The van der Waals surface area contributed by atoms with Crippen LogP contribution in [0.5, 0.6) is 5.75 Å². The summed E-state index contributed by atoms with van der Waals surface area (Å²) >= 11 is 5.18. The number of amidine groups is 1. The summed E-state index contributed by atoms with van der Waals surface area (Å²) < 4.78 is 7.18. The summed E-state index contributed by atoms with van der Waals surface area (Å²) in [6.07, 6.45) is 2.83. The summed E-state index contributed by atoms with van der Waals surface area (Å²) in [4.78, 5) is 18.4. The number of para-hydroxylation sites is 1. The van der Waals surface area contributed by atoms with Crippen molar-refractivity contribution in [2.75, 3.05) is 5.75 Å². The molecule has 36 heavy (non-hydrogen) atoms. The molecule has 8 heteroatoms. The number of nitrogens with zero attached hydrogens (tertiary/aromatic N) is 3. The number of carbonyl (C=O) groups is 1. The van der Waals surface area contributed by atoms with Crippen LogP contribution in [0.3, 0.4) is 0 Å². The summed E-state index contributed by atoms with van der Waals surface area (Å²) in [6.45, 7) is 2.61. The van der Waals surface area contributed by atoms with E-state index in [-0.39, 0.29) is 5.91 Å². The molecule has 0 radical (unpaired) electrons. The van der Waals surface area contributed by atoms with Gasteiger partial charge in [-0.15, -0.1) is 5.10 Å². The van der Waals surface area contributed by atoms with E-state index in [9.17, 15) is 4.79 Å². The molecule has 6 nitrogen and oxygen atoms in total. The topological polar surface area (TPSA) is 66.3 Å². The number of hydrogen-bond acceptors (Lipinski definition) is 6. The first-order valence-corrected chi connectivity index (χ1v) is 13.9. The third-order valence-corrected chi connectivity index (χ3v) is 7.43. The first-order valence-electron chi connectivity index (χ1n) is 12.1. The van der Waals surface area contributed by atoms with Gasteiger partial charge in [0.05, 0.1) is 5.36 Å². The molecule has 0 saturated carbocycles. The summed E-state index contributed by atoms with van der Waals surface area (Å²) in [7, 11) is 0.